The third kappa shape index (κ3) is 4.03. The van der Waals surface area contributed by atoms with Crippen LogP contribution >= 0.6 is 15.9 Å². The van der Waals surface area contributed by atoms with Crippen molar-refractivity contribution in [1.29, 1.82) is 0 Å². The van der Waals surface area contributed by atoms with Gasteiger partial charge in [0.25, 0.3) is 11.7 Å². The Hall–Kier alpha value is -3.45. The van der Waals surface area contributed by atoms with Gasteiger partial charge in [0.05, 0.1) is 18.7 Å². The van der Waals surface area contributed by atoms with Crippen molar-refractivity contribution in [2.24, 2.45) is 0 Å². The number of likely N-dealkylation sites (tertiary alicyclic amines) is 1. The normalized spacial score (nSPS) is 17.6. The molecule has 0 bridgehead atoms. The van der Waals surface area contributed by atoms with E-state index in [-0.39, 0.29) is 17.9 Å². The zero-order chi connectivity index (χ0) is 22.8. The lowest BCUT2D eigenvalue weighted by molar-refractivity contribution is -0.140. The van der Waals surface area contributed by atoms with Gasteiger partial charge >= 0.3 is 0 Å². The van der Waals surface area contributed by atoms with Gasteiger partial charge in [-0.25, -0.2) is 0 Å². The SMILES string of the molecule is COc1ccc(C(O)=C2C(=O)C(=O)N(Cc3cccnc3)C2c2cccc(Br)c2)c(C)c1. The van der Waals surface area contributed by atoms with Crippen LogP contribution in [0.2, 0.25) is 0 Å². The minimum Gasteiger partial charge on any atom is -0.507 e. The van der Waals surface area contributed by atoms with Crippen molar-refractivity contribution in [3.05, 3.63) is 99.3 Å². The highest BCUT2D eigenvalue weighted by Crippen LogP contribution is 2.41. The van der Waals surface area contributed by atoms with Crippen molar-refractivity contribution in [2.75, 3.05) is 7.11 Å². The Morgan fingerprint density at radius 1 is 1.16 bits per heavy atom. The Morgan fingerprint density at radius 2 is 1.97 bits per heavy atom. The molecular weight excluding hydrogens is 472 g/mol. The van der Waals surface area contributed by atoms with Crippen LogP contribution in [-0.4, -0.2) is 33.8 Å². The first-order valence-electron chi connectivity index (χ1n) is 9.98. The third-order valence-electron chi connectivity index (χ3n) is 5.47. The number of hydrogen-bond acceptors (Lipinski definition) is 5. The summed E-state index contributed by atoms with van der Waals surface area (Å²) < 4.78 is 6.05. The number of ketones is 1. The van der Waals surface area contributed by atoms with Crippen LogP contribution in [0.1, 0.15) is 28.3 Å². The number of hydrogen-bond donors (Lipinski definition) is 1. The molecule has 1 aromatic heterocycles. The fourth-order valence-corrected chi connectivity index (χ4v) is 4.35. The Balaban J connectivity index is 1.88. The molecule has 1 aliphatic rings. The number of amides is 1. The van der Waals surface area contributed by atoms with Crippen molar-refractivity contribution < 1.29 is 19.4 Å². The van der Waals surface area contributed by atoms with E-state index in [0.29, 0.717) is 11.3 Å². The van der Waals surface area contributed by atoms with Crippen LogP contribution in [-0.2, 0) is 16.1 Å². The highest BCUT2D eigenvalue weighted by Gasteiger charge is 2.46. The fraction of sp³-hybridized carbons (Fsp3) is 0.160. The molecule has 0 radical (unpaired) electrons. The van der Waals surface area contributed by atoms with Gasteiger partial charge in [0, 0.05) is 29.0 Å². The van der Waals surface area contributed by atoms with Crippen molar-refractivity contribution in [1.82, 2.24) is 9.88 Å². The van der Waals surface area contributed by atoms with E-state index < -0.39 is 17.7 Å². The lowest BCUT2D eigenvalue weighted by Gasteiger charge is -2.25. The predicted molar refractivity (Wildman–Crippen MR) is 124 cm³/mol. The Labute approximate surface area is 194 Å². The molecule has 1 amide bonds. The van der Waals surface area contributed by atoms with Gasteiger partial charge in [-0.3, -0.25) is 14.6 Å². The highest BCUT2D eigenvalue weighted by atomic mass is 79.9. The van der Waals surface area contributed by atoms with E-state index in [4.69, 9.17) is 4.74 Å². The van der Waals surface area contributed by atoms with E-state index >= 15 is 0 Å². The number of ether oxygens (including phenoxy) is 1. The van der Waals surface area contributed by atoms with Gasteiger partial charge < -0.3 is 14.7 Å². The molecular formula is C25H21BrN2O4. The van der Waals surface area contributed by atoms with Gasteiger partial charge in [-0.2, -0.15) is 0 Å². The monoisotopic (exact) mass is 492 g/mol. The molecule has 162 valence electrons. The number of aliphatic hydroxyl groups is 1. The minimum absolute atomic E-state index is 0.0604. The van der Waals surface area contributed by atoms with E-state index in [0.717, 1.165) is 21.2 Å². The second-order valence-corrected chi connectivity index (χ2v) is 8.44. The topological polar surface area (TPSA) is 79.7 Å². The van der Waals surface area contributed by atoms with E-state index in [1.807, 2.05) is 37.3 Å². The zero-order valence-corrected chi connectivity index (χ0v) is 19.2. The number of rotatable bonds is 5. The number of Topliss-reactive ketones (excluding diaryl/α,β-unsaturated/α-hetero) is 1. The minimum atomic E-state index is -0.741. The summed E-state index contributed by atoms with van der Waals surface area (Å²) >= 11 is 3.46. The van der Waals surface area contributed by atoms with Crippen molar-refractivity contribution in [3.63, 3.8) is 0 Å². The third-order valence-corrected chi connectivity index (χ3v) is 5.96. The molecule has 2 heterocycles. The Morgan fingerprint density at radius 3 is 2.62 bits per heavy atom. The maximum absolute atomic E-state index is 13.2. The fourth-order valence-electron chi connectivity index (χ4n) is 3.93. The van der Waals surface area contributed by atoms with Gasteiger partial charge in [-0.05, 0) is 60.0 Å². The van der Waals surface area contributed by atoms with Crippen LogP contribution in [0, 0.1) is 6.92 Å². The molecule has 1 aliphatic heterocycles. The van der Waals surface area contributed by atoms with E-state index in [9.17, 15) is 14.7 Å². The number of aliphatic hydroxyl groups excluding tert-OH is 1. The molecule has 32 heavy (non-hydrogen) atoms. The maximum atomic E-state index is 13.2. The molecule has 2 aromatic carbocycles. The van der Waals surface area contributed by atoms with Crippen LogP contribution in [0.25, 0.3) is 5.76 Å². The zero-order valence-electron chi connectivity index (χ0n) is 17.6. The molecule has 1 unspecified atom stereocenters. The van der Waals surface area contributed by atoms with Crippen LogP contribution < -0.4 is 4.74 Å². The first-order chi connectivity index (χ1) is 15.4. The van der Waals surface area contributed by atoms with Crippen LogP contribution in [0.3, 0.4) is 0 Å². The first-order valence-corrected chi connectivity index (χ1v) is 10.8. The van der Waals surface area contributed by atoms with Crippen LogP contribution in [0.4, 0.5) is 0 Å². The lowest BCUT2D eigenvalue weighted by Crippen LogP contribution is -2.29. The molecule has 1 N–H and O–H groups in total. The average Bonchev–Trinajstić information content (AvgIpc) is 3.04. The number of nitrogens with zero attached hydrogens (tertiary/aromatic N) is 2. The second kappa shape index (κ2) is 8.96. The van der Waals surface area contributed by atoms with Gasteiger partial charge in [0.1, 0.15) is 11.5 Å². The van der Waals surface area contributed by atoms with Gasteiger partial charge in [0.15, 0.2) is 0 Å². The van der Waals surface area contributed by atoms with Crippen molar-refractivity contribution in [2.45, 2.75) is 19.5 Å². The number of benzene rings is 2. The predicted octanol–water partition coefficient (Wildman–Crippen LogP) is 4.78. The molecule has 4 rings (SSSR count). The van der Waals surface area contributed by atoms with Crippen molar-refractivity contribution in [3.8, 4) is 5.75 Å². The maximum Gasteiger partial charge on any atom is 0.295 e. The number of pyridine rings is 1. The Bertz CT molecular complexity index is 1220. The second-order valence-electron chi connectivity index (χ2n) is 7.52. The summed E-state index contributed by atoms with van der Waals surface area (Å²) in [5.41, 5.74) is 2.77. The van der Waals surface area contributed by atoms with E-state index in [2.05, 4.69) is 20.9 Å². The van der Waals surface area contributed by atoms with E-state index in [1.165, 1.54) is 4.90 Å². The van der Waals surface area contributed by atoms with Gasteiger partial charge in [-0.1, -0.05) is 34.1 Å². The van der Waals surface area contributed by atoms with Gasteiger partial charge in [0.2, 0.25) is 0 Å². The summed E-state index contributed by atoms with van der Waals surface area (Å²) in [4.78, 5) is 31.8. The van der Waals surface area contributed by atoms with Crippen LogP contribution in [0.15, 0.2) is 77.0 Å². The highest BCUT2D eigenvalue weighted by molar-refractivity contribution is 9.10. The largest absolute Gasteiger partial charge is 0.507 e. The smallest absolute Gasteiger partial charge is 0.295 e. The lowest BCUT2D eigenvalue weighted by atomic mass is 9.94. The molecule has 3 aromatic rings. The molecule has 0 spiro atoms. The number of carbonyl (C=O) groups excluding carboxylic acids is 2. The number of aryl methyl sites for hydroxylation is 1. The molecule has 0 aliphatic carbocycles. The quantitative estimate of drug-likeness (QED) is 0.314. The van der Waals surface area contributed by atoms with Crippen molar-refractivity contribution >= 4 is 33.4 Å². The van der Waals surface area contributed by atoms with Crippen LogP contribution in [0.5, 0.6) is 5.75 Å². The number of aromatic nitrogens is 1. The molecule has 0 saturated carbocycles. The molecule has 1 fully saturated rings. The standard InChI is InChI=1S/C25H21BrN2O4/c1-15-11-19(32-2)8-9-20(15)23(29)21-22(17-6-3-7-18(26)12-17)28(25(31)24(21)30)14-16-5-4-10-27-13-16/h3-13,22,29H,14H2,1-2H3. The first kappa shape index (κ1) is 21.8. The number of carbonyl (C=O) groups is 2. The Kier molecular flexibility index (Phi) is 6.10. The number of halogens is 1. The van der Waals surface area contributed by atoms with Gasteiger partial charge in [-0.15, -0.1) is 0 Å². The molecule has 1 atom stereocenters. The summed E-state index contributed by atoms with van der Waals surface area (Å²) in [6.45, 7) is 2.01. The molecule has 7 heteroatoms. The summed E-state index contributed by atoms with van der Waals surface area (Å²) in [6, 6.07) is 15.4. The summed E-state index contributed by atoms with van der Waals surface area (Å²) in [5.74, 6) is -0.945. The summed E-state index contributed by atoms with van der Waals surface area (Å²) in [7, 11) is 1.56. The van der Waals surface area contributed by atoms with E-state index in [1.54, 1.807) is 43.8 Å². The molecule has 1 saturated heterocycles. The average molecular weight is 493 g/mol. The summed E-state index contributed by atoms with van der Waals surface area (Å²) in [5, 5.41) is 11.3. The molecule has 6 nitrogen and oxygen atoms in total. The summed E-state index contributed by atoms with van der Waals surface area (Å²) in [6.07, 6.45) is 3.31. The number of methoxy groups -OCH3 is 1.